The summed E-state index contributed by atoms with van der Waals surface area (Å²) in [5, 5.41) is 2.91. The molecular formula is C23H28N2O5. The lowest BCUT2D eigenvalue weighted by atomic mass is 9.94. The summed E-state index contributed by atoms with van der Waals surface area (Å²) >= 11 is 0. The van der Waals surface area contributed by atoms with Crippen LogP contribution in [0.3, 0.4) is 0 Å². The van der Waals surface area contributed by atoms with E-state index < -0.39 is 5.41 Å². The highest BCUT2D eigenvalue weighted by molar-refractivity contribution is 6.05. The Morgan fingerprint density at radius 1 is 0.967 bits per heavy atom. The Hall–Kier alpha value is -3.22. The topological polar surface area (TPSA) is 77.1 Å². The average Bonchev–Trinajstić information content (AvgIpc) is 3.14. The third kappa shape index (κ3) is 4.06. The van der Waals surface area contributed by atoms with E-state index in [4.69, 9.17) is 14.2 Å². The van der Waals surface area contributed by atoms with Gasteiger partial charge in [0.15, 0.2) is 11.5 Å². The molecule has 1 N–H and O–H groups in total. The van der Waals surface area contributed by atoms with Crippen LogP contribution in [0.2, 0.25) is 0 Å². The third-order valence-electron chi connectivity index (χ3n) is 5.05. The number of hydrogen-bond acceptors (Lipinski definition) is 5. The SMILES string of the molecule is COc1cc(C(=O)Nc2ccc3c(c2)CCN3C(=O)C(C)(C)C)cc(OC)c1OC. The van der Waals surface area contributed by atoms with E-state index in [0.717, 1.165) is 17.7 Å². The zero-order valence-electron chi connectivity index (χ0n) is 18.3. The molecule has 1 heterocycles. The zero-order chi connectivity index (χ0) is 22.1. The van der Waals surface area contributed by atoms with Crippen molar-refractivity contribution in [1.29, 1.82) is 0 Å². The molecule has 1 aliphatic heterocycles. The molecule has 2 aromatic carbocycles. The predicted molar refractivity (Wildman–Crippen MR) is 116 cm³/mol. The summed E-state index contributed by atoms with van der Waals surface area (Å²) in [6.07, 6.45) is 0.755. The molecule has 2 aromatic rings. The van der Waals surface area contributed by atoms with Crippen molar-refractivity contribution >= 4 is 23.2 Å². The van der Waals surface area contributed by atoms with Crippen molar-refractivity contribution in [2.24, 2.45) is 5.41 Å². The Morgan fingerprint density at radius 2 is 1.60 bits per heavy atom. The molecule has 0 atom stereocenters. The molecule has 160 valence electrons. The van der Waals surface area contributed by atoms with Crippen LogP contribution in [-0.2, 0) is 11.2 Å². The number of ether oxygens (including phenoxy) is 3. The lowest BCUT2D eigenvalue weighted by Crippen LogP contribution is -2.38. The molecule has 30 heavy (non-hydrogen) atoms. The lowest BCUT2D eigenvalue weighted by Gasteiger charge is -2.26. The third-order valence-corrected chi connectivity index (χ3v) is 5.05. The maximum atomic E-state index is 12.8. The van der Waals surface area contributed by atoms with Gasteiger partial charge in [-0.05, 0) is 42.3 Å². The highest BCUT2D eigenvalue weighted by atomic mass is 16.5. The van der Waals surface area contributed by atoms with Crippen LogP contribution in [-0.4, -0.2) is 39.7 Å². The Morgan fingerprint density at radius 3 is 2.13 bits per heavy atom. The first-order chi connectivity index (χ1) is 14.2. The van der Waals surface area contributed by atoms with Crippen molar-refractivity contribution in [3.05, 3.63) is 41.5 Å². The largest absolute Gasteiger partial charge is 0.493 e. The van der Waals surface area contributed by atoms with E-state index in [-0.39, 0.29) is 11.8 Å². The standard InChI is InChI=1S/C23H28N2O5/c1-23(2,3)22(27)25-10-9-14-11-16(7-8-17(14)25)24-21(26)15-12-18(28-4)20(30-6)19(13-15)29-5/h7-8,11-13H,9-10H2,1-6H3,(H,24,26). The van der Waals surface area contributed by atoms with Gasteiger partial charge in [-0.3, -0.25) is 9.59 Å². The van der Waals surface area contributed by atoms with Gasteiger partial charge in [0.25, 0.3) is 5.91 Å². The van der Waals surface area contributed by atoms with Gasteiger partial charge < -0.3 is 24.4 Å². The average molecular weight is 412 g/mol. The monoisotopic (exact) mass is 412 g/mol. The number of hydrogen-bond donors (Lipinski definition) is 1. The fraction of sp³-hybridized carbons (Fsp3) is 0.391. The fourth-order valence-electron chi connectivity index (χ4n) is 3.51. The van der Waals surface area contributed by atoms with E-state index in [2.05, 4.69) is 5.32 Å². The second kappa shape index (κ2) is 8.26. The van der Waals surface area contributed by atoms with Gasteiger partial charge >= 0.3 is 0 Å². The molecular weight excluding hydrogens is 384 g/mol. The Labute approximate surface area is 176 Å². The van der Waals surface area contributed by atoms with Crippen molar-refractivity contribution in [1.82, 2.24) is 0 Å². The van der Waals surface area contributed by atoms with Gasteiger partial charge in [-0.2, -0.15) is 0 Å². The summed E-state index contributed by atoms with van der Waals surface area (Å²) in [4.78, 5) is 27.3. The predicted octanol–water partition coefficient (Wildman–Crippen LogP) is 3.90. The minimum Gasteiger partial charge on any atom is -0.493 e. The highest BCUT2D eigenvalue weighted by Crippen LogP contribution is 2.38. The van der Waals surface area contributed by atoms with Crippen molar-refractivity contribution in [3.63, 3.8) is 0 Å². The number of amides is 2. The molecule has 0 bridgehead atoms. The van der Waals surface area contributed by atoms with E-state index in [1.54, 1.807) is 12.1 Å². The van der Waals surface area contributed by atoms with Gasteiger partial charge in [-0.15, -0.1) is 0 Å². The number of benzene rings is 2. The Bertz CT molecular complexity index is 953. The number of anilines is 2. The van der Waals surface area contributed by atoms with Crippen molar-refractivity contribution in [2.75, 3.05) is 38.1 Å². The molecule has 0 unspecified atom stereocenters. The second-order valence-electron chi connectivity index (χ2n) is 8.17. The number of nitrogens with one attached hydrogen (secondary N) is 1. The number of methoxy groups -OCH3 is 3. The van der Waals surface area contributed by atoms with E-state index in [0.29, 0.717) is 35.0 Å². The lowest BCUT2D eigenvalue weighted by molar-refractivity contribution is -0.125. The van der Waals surface area contributed by atoms with Crippen molar-refractivity contribution in [3.8, 4) is 17.2 Å². The van der Waals surface area contributed by atoms with Crippen LogP contribution in [0.1, 0.15) is 36.7 Å². The molecule has 0 saturated carbocycles. The molecule has 0 fully saturated rings. The zero-order valence-corrected chi connectivity index (χ0v) is 18.3. The summed E-state index contributed by atoms with van der Waals surface area (Å²) in [5.74, 6) is 1.04. The molecule has 1 aliphatic rings. The molecule has 0 aromatic heterocycles. The Kier molecular flexibility index (Phi) is 5.92. The summed E-state index contributed by atoms with van der Waals surface area (Å²) in [6, 6.07) is 8.82. The number of carbonyl (C=O) groups excluding carboxylic acids is 2. The van der Waals surface area contributed by atoms with Gasteiger partial charge in [-0.1, -0.05) is 20.8 Å². The minimum absolute atomic E-state index is 0.0930. The van der Waals surface area contributed by atoms with Crippen LogP contribution < -0.4 is 24.4 Å². The molecule has 0 radical (unpaired) electrons. The first-order valence-corrected chi connectivity index (χ1v) is 9.76. The molecule has 2 amide bonds. The first-order valence-electron chi connectivity index (χ1n) is 9.76. The van der Waals surface area contributed by atoms with E-state index in [1.807, 2.05) is 43.9 Å². The van der Waals surface area contributed by atoms with Gasteiger partial charge in [0, 0.05) is 28.9 Å². The Balaban J connectivity index is 1.83. The maximum Gasteiger partial charge on any atom is 0.255 e. The van der Waals surface area contributed by atoms with Crippen LogP contribution in [0.4, 0.5) is 11.4 Å². The number of nitrogens with zero attached hydrogens (tertiary/aromatic N) is 1. The quantitative estimate of drug-likeness (QED) is 0.806. The molecule has 7 nitrogen and oxygen atoms in total. The highest BCUT2D eigenvalue weighted by Gasteiger charge is 2.32. The van der Waals surface area contributed by atoms with Crippen molar-refractivity contribution < 1.29 is 23.8 Å². The second-order valence-corrected chi connectivity index (χ2v) is 8.17. The van der Waals surface area contributed by atoms with E-state index in [9.17, 15) is 9.59 Å². The normalized spacial score (nSPS) is 12.9. The van der Waals surface area contributed by atoms with Gasteiger partial charge in [0.2, 0.25) is 11.7 Å². The van der Waals surface area contributed by atoms with Crippen LogP contribution in [0.5, 0.6) is 17.2 Å². The van der Waals surface area contributed by atoms with Gasteiger partial charge in [-0.25, -0.2) is 0 Å². The van der Waals surface area contributed by atoms with E-state index in [1.165, 1.54) is 21.3 Å². The molecule has 0 saturated heterocycles. The van der Waals surface area contributed by atoms with Crippen molar-refractivity contribution in [2.45, 2.75) is 27.2 Å². The first kappa shape index (κ1) is 21.5. The summed E-state index contributed by atoms with van der Waals surface area (Å²) in [6.45, 7) is 6.40. The number of carbonyl (C=O) groups is 2. The summed E-state index contributed by atoms with van der Waals surface area (Å²) in [7, 11) is 4.52. The van der Waals surface area contributed by atoms with Gasteiger partial charge in [0.05, 0.1) is 21.3 Å². The molecule has 7 heteroatoms. The van der Waals surface area contributed by atoms with Gasteiger partial charge in [0.1, 0.15) is 0 Å². The van der Waals surface area contributed by atoms with Crippen LogP contribution in [0.25, 0.3) is 0 Å². The van der Waals surface area contributed by atoms with Crippen LogP contribution in [0.15, 0.2) is 30.3 Å². The molecule has 0 aliphatic carbocycles. The number of fused-ring (bicyclic) bond motifs is 1. The number of rotatable bonds is 5. The summed E-state index contributed by atoms with van der Waals surface area (Å²) < 4.78 is 15.9. The molecule has 3 rings (SSSR count). The maximum absolute atomic E-state index is 12.8. The van der Waals surface area contributed by atoms with E-state index >= 15 is 0 Å². The summed E-state index contributed by atoms with van der Waals surface area (Å²) in [5.41, 5.74) is 2.55. The fourth-order valence-corrected chi connectivity index (χ4v) is 3.51. The van der Waals surface area contributed by atoms with Crippen LogP contribution >= 0.6 is 0 Å². The smallest absolute Gasteiger partial charge is 0.255 e. The minimum atomic E-state index is -0.443. The van der Waals surface area contributed by atoms with Crippen LogP contribution in [0, 0.1) is 5.41 Å². The molecule has 0 spiro atoms.